The highest BCUT2D eigenvalue weighted by molar-refractivity contribution is 5.82. The fraction of sp³-hybridized carbons (Fsp3) is 0.875. The Bertz CT molecular complexity index is 376. The van der Waals surface area contributed by atoms with E-state index in [0.717, 1.165) is 38.5 Å². The van der Waals surface area contributed by atoms with E-state index in [4.69, 9.17) is 14.2 Å². The molecule has 0 aromatic carbocycles. The number of unbranched alkanes of at least 4 members (excludes halogenated alkanes) is 1. The summed E-state index contributed by atoms with van der Waals surface area (Å²) in [5.74, 6) is 0.912. The van der Waals surface area contributed by atoms with Crippen molar-refractivity contribution in [1.82, 2.24) is 10.2 Å². The van der Waals surface area contributed by atoms with Gasteiger partial charge in [0.1, 0.15) is 0 Å². The zero-order chi connectivity index (χ0) is 17.1. The van der Waals surface area contributed by atoms with Crippen molar-refractivity contribution < 1.29 is 19.0 Å². The van der Waals surface area contributed by atoms with Crippen LogP contribution in [0, 0.1) is 11.8 Å². The second-order valence-corrected chi connectivity index (χ2v) is 5.80. The number of esters is 1. The third-order valence-corrected chi connectivity index (χ3v) is 4.06. The van der Waals surface area contributed by atoms with Gasteiger partial charge in [0, 0.05) is 40.4 Å². The summed E-state index contributed by atoms with van der Waals surface area (Å²) in [5.41, 5.74) is 0. The average Bonchev–Trinajstić information content (AvgIpc) is 2.94. The molecule has 1 rings (SSSR count). The lowest BCUT2D eigenvalue weighted by atomic mass is 9.99. The second-order valence-electron chi connectivity index (χ2n) is 5.80. The summed E-state index contributed by atoms with van der Waals surface area (Å²) in [6.07, 6.45) is 2.00. The van der Waals surface area contributed by atoms with E-state index in [2.05, 4.69) is 22.1 Å². The van der Waals surface area contributed by atoms with Crippen LogP contribution in [0.3, 0.4) is 0 Å². The molecule has 1 fully saturated rings. The van der Waals surface area contributed by atoms with E-state index >= 15 is 0 Å². The molecule has 0 spiro atoms. The third-order valence-electron chi connectivity index (χ3n) is 4.06. The average molecular weight is 329 g/mol. The molecule has 1 heterocycles. The van der Waals surface area contributed by atoms with E-state index in [9.17, 15) is 4.79 Å². The highest BCUT2D eigenvalue weighted by atomic mass is 16.5. The minimum Gasteiger partial charge on any atom is -0.469 e. The smallest absolute Gasteiger partial charge is 0.310 e. The maximum atomic E-state index is 11.8. The summed E-state index contributed by atoms with van der Waals surface area (Å²) in [5, 5.41) is 3.36. The van der Waals surface area contributed by atoms with E-state index in [-0.39, 0.29) is 17.8 Å². The Morgan fingerprint density at radius 1 is 1.22 bits per heavy atom. The van der Waals surface area contributed by atoms with Gasteiger partial charge in [0.05, 0.1) is 26.2 Å². The lowest BCUT2D eigenvalue weighted by Gasteiger charge is -2.21. The fourth-order valence-electron chi connectivity index (χ4n) is 2.70. The number of carbonyl (C=O) groups excluding carboxylic acids is 1. The maximum absolute atomic E-state index is 11.8. The topological polar surface area (TPSA) is 72.4 Å². The van der Waals surface area contributed by atoms with Crippen LogP contribution < -0.4 is 5.32 Å². The van der Waals surface area contributed by atoms with E-state index in [1.807, 2.05) is 0 Å². The van der Waals surface area contributed by atoms with Gasteiger partial charge in [-0.2, -0.15) is 0 Å². The van der Waals surface area contributed by atoms with E-state index in [1.165, 1.54) is 7.11 Å². The molecular weight excluding hydrogens is 298 g/mol. The maximum Gasteiger partial charge on any atom is 0.310 e. The molecule has 134 valence electrons. The normalized spacial score (nSPS) is 21.6. The Balaban J connectivity index is 2.24. The number of nitrogens with one attached hydrogen (secondary N) is 1. The summed E-state index contributed by atoms with van der Waals surface area (Å²) in [6.45, 7) is 6.42. The van der Waals surface area contributed by atoms with Crippen LogP contribution in [0.2, 0.25) is 0 Å². The van der Waals surface area contributed by atoms with E-state index in [0.29, 0.717) is 19.8 Å². The Morgan fingerprint density at radius 2 is 2.00 bits per heavy atom. The van der Waals surface area contributed by atoms with Gasteiger partial charge in [-0.3, -0.25) is 9.79 Å². The van der Waals surface area contributed by atoms with Crippen LogP contribution in [0.1, 0.15) is 19.8 Å². The quantitative estimate of drug-likeness (QED) is 0.291. The lowest BCUT2D eigenvalue weighted by Crippen LogP contribution is -2.41. The molecule has 0 aromatic rings. The molecule has 1 aliphatic heterocycles. The Kier molecular flexibility index (Phi) is 9.63. The molecule has 0 amide bonds. The molecule has 1 N–H and O–H groups in total. The highest BCUT2D eigenvalue weighted by Gasteiger charge is 2.36. The molecule has 1 saturated heterocycles. The summed E-state index contributed by atoms with van der Waals surface area (Å²) >= 11 is 0. The minimum atomic E-state index is -0.135. The van der Waals surface area contributed by atoms with Crippen LogP contribution in [0.5, 0.6) is 0 Å². The highest BCUT2D eigenvalue weighted by Crippen LogP contribution is 2.23. The first-order valence-corrected chi connectivity index (χ1v) is 8.24. The number of carbonyl (C=O) groups is 1. The van der Waals surface area contributed by atoms with Crippen molar-refractivity contribution in [3.05, 3.63) is 0 Å². The molecule has 0 saturated carbocycles. The van der Waals surface area contributed by atoms with E-state index in [1.54, 1.807) is 14.2 Å². The van der Waals surface area contributed by atoms with Gasteiger partial charge in [0.25, 0.3) is 0 Å². The first-order valence-electron chi connectivity index (χ1n) is 8.24. The molecular formula is C16H31N3O4. The molecule has 0 bridgehead atoms. The molecule has 0 aromatic heterocycles. The number of ether oxygens (including phenoxy) is 3. The number of guanidine groups is 1. The zero-order valence-corrected chi connectivity index (χ0v) is 14.8. The fourth-order valence-corrected chi connectivity index (χ4v) is 2.70. The van der Waals surface area contributed by atoms with Gasteiger partial charge < -0.3 is 24.4 Å². The van der Waals surface area contributed by atoms with Crippen molar-refractivity contribution >= 4 is 11.9 Å². The Hall–Kier alpha value is -1.34. The van der Waals surface area contributed by atoms with Crippen molar-refractivity contribution in [2.75, 3.05) is 60.7 Å². The first kappa shape index (κ1) is 19.7. The van der Waals surface area contributed by atoms with Gasteiger partial charge in [0.2, 0.25) is 0 Å². The molecule has 7 nitrogen and oxygen atoms in total. The van der Waals surface area contributed by atoms with Crippen LogP contribution >= 0.6 is 0 Å². The molecule has 1 aliphatic rings. The largest absolute Gasteiger partial charge is 0.469 e. The van der Waals surface area contributed by atoms with Gasteiger partial charge in [0.15, 0.2) is 5.96 Å². The molecule has 2 unspecified atom stereocenters. The lowest BCUT2D eigenvalue weighted by molar-refractivity contribution is -0.145. The molecule has 0 radical (unpaired) electrons. The number of rotatable bonds is 9. The Morgan fingerprint density at radius 3 is 2.65 bits per heavy atom. The van der Waals surface area contributed by atoms with Crippen molar-refractivity contribution in [3.8, 4) is 0 Å². The van der Waals surface area contributed by atoms with Gasteiger partial charge in [-0.15, -0.1) is 0 Å². The van der Waals surface area contributed by atoms with Crippen LogP contribution in [0.15, 0.2) is 4.99 Å². The molecule has 7 heteroatoms. The van der Waals surface area contributed by atoms with Crippen LogP contribution in [-0.4, -0.2) is 77.6 Å². The van der Waals surface area contributed by atoms with Gasteiger partial charge in [-0.25, -0.2) is 0 Å². The van der Waals surface area contributed by atoms with Crippen molar-refractivity contribution in [3.63, 3.8) is 0 Å². The molecule has 0 aliphatic carbocycles. The SMILES string of the molecule is CN=C(NCCCCOCCOC)N1CC(C)C(C(=O)OC)C1. The second kappa shape index (κ2) is 11.2. The summed E-state index contributed by atoms with van der Waals surface area (Å²) in [4.78, 5) is 18.2. The van der Waals surface area contributed by atoms with E-state index < -0.39 is 0 Å². The predicted molar refractivity (Wildman–Crippen MR) is 89.5 cm³/mol. The van der Waals surface area contributed by atoms with Crippen LogP contribution in [0.25, 0.3) is 0 Å². The van der Waals surface area contributed by atoms with Crippen LogP contribution in [0.4, 0.5) is 0 Å². The standard InChI is InChI=1S/C16H31N3O4/c1-13-11-19(12-14(13)15(20)22-4)16(17-2)18-7-5-6-8-23-10-9-21-3/h13-14H,5-12H2,1-4H3,(H,17,18). The number of nitrogens with zero attached hydrogens (tertiary/aromatic N) is 2. The predicted octanol–water partition coefficient (Wildman–Crippen LogP) is 0.746. The number of likely N-dealkylation sites (tertiary alicyclic amines) is 1. The van der Waals surface area contributed by atoms with Gasteiger partial charge >= 0.3 is 5.97 Å². The number of hydrogen-bond acceptors (Lipinski definition) is 5. The number of hydrogen-bond donors (Lipinski definition) is 1. The third kappa shape index (κ3) is 6.74. The van der Waals surface area contributed by atoms with Gasteiger partial charge in [-0.1, -0.05) is 6.92 Å². The summed E-state index contributed by atoms with van der Waals surface area (Å²) in [7, 11) is 4.88. The van der Waals surface area contributed by atoms with Crippen LogP contribution in [-0.2, 0) is 19.0 Å². The molecule has 2 atom stereocenters. The monoisotopic (exact) mass is 329 g/mol. The summed E-state index contributed by atoms with van der Waals surface area (Å²) < 4.78 is 15.2. The zero-order valence-electron chi connectivity index (χ0n) is 14.8. The number of aliphatic imine (C=N–C) groups is 1. The van der Waals surface area contributed by atoms with Crippen molar-refractivity contribution in [1.29, 1.82) is 0 Å². The van der Waals surface area contributed by atoms with Gasteiger partial charge in [-0.05, 0) is 18.8 Å². The number of methoxy groups -OCH3 is 2. The summed E-state index contributed by atoms with van der Waals surface area (Å²) in [6, 6.07) is 0. The first-order chi connectivity index (χ1) is 11.1. The van der Waals surface area contributed by atoms with Crippen molar-refractivity contribution in [2.24, 2.45) is 16.8 Å². The Labute approximate surface area is 139 Å². The van der Waals surface area contributed by atoms with Crippen molar-refractivity contribution in [2.45, 2.75) is 19.8 Å². The molecule has 23 heavy (non-hydrogen) atoms. The minimum absolute atomic E-state index is 0.0762.